The topological polar surface area (TPSA) is 111 Å². The third kappa shape index (κ3) is 5.03. The van der Waals surface area contributed by atoms with Gasteiger partial charge in [-0.2, -0.15) is 9.40 Å². The minimum atomic E-state index is -4.01. The van der Waals surface area contributed by atoms with E-state index in [1.807, 2.05) is 0 Å². The molecule has 1 N–H and O–H groups in total. The summed E-state index contributed by atoms with van der Waals surface area (Å²) in [5.74, 6) is 0.156. The summed E-state index contributed by atoms with van der Waals surface area (Å²) in [6.45, 7) is 5.10. The van der Waals surface area contributed by atoms with Crippen molar-refractivity contribution in [2.75, 3.05) is 17.6 Å². The lowest BCUT2D eigenvalue weighted by molar-refractivity contribution is 0.348. The predicted molar refractivity (Wildman–Crippen MR) is 107 cm³/mol. The van der Waals surface area contributed by atoms with Crippen LogP contribution in [0.2, 0.25) is 0 Å². The van der Waals surface area contributed by atoms with Gasteiger partial charge in [0.05, 0.1) is 24.7 Å². The van der Waals surface area contributed by atoms with Crippen LogP contribution in [0.4, 0.5) is 5.69 Å². The van der Waals surface area contributed by atoms with Crippen molar-refractivity contribution in [2.24, 2.45) is 7.05 Å². The number of ether oxygens (including phenoxy) is 1. The van der Waals surface area contributed by atoms with Crippen molar-refractivity contribution >= 4 is 25.7 Å². The molecule has 0 saturated heterocycles. The summed E-state index contributed by atoms with van der Waals surface area (Å²) in [6.07, 6.45) is 3.33. The standard InChI is InChI=1S/C17H26N4O5S2/c1-6-27(22,23)19-16-9-15(26-5)7-8-17(16)28(24,25)21(13(2)3)12-14-10-18-20(4)11-14/h7-11,13,19H,6,12H2,1-5H3. The number of nitrogens with zero attached hydrogens (tertiary/aromatic N) is 3. The summed E-state index contributed by atoms with van der Waals surface area (Å²) in [5.41, 5.74) is 0.682. The molecule has 0 saturated carbocycles. The average Bonchev–Trinajstić information content (AvgIpc) is 3.03. The molecule has 0 radical (unpaired) electrons. The van der Waals surface area contributed by atoms with Crippen molar-refractivity contribution in [3.8, 4) is 5.75 Å². The van der Waals surface area contributed by atoms with Crippen LogP contribution < -0.4 is 9.46 Å². The van der Waals surface area contributed by atoms with Crippen molar-refractivity contribution in [1.29, 1.82) is 0 Å². The molecular formula is C17H26N4O5S2. The van der Waals surface area contributed by atoms with E-state index < -0.39 is 20.0 Å². The second-order valence-corrected chi connectivity index (χ2v) is 10.4. The fourth-order valence-corrected chi connectivity index (χ4v) is 5.05. The summed E-state index contributed by atoms with van der Waals surface area (Å²) in [7, 11) is -4.53. The maximum Gasteiger partial charge on any atom is 0.245 e. The highest BCUT2D eigenvalue weighted by atomic mass is 32.2. The van der Waals surface area contributed by atoms with Gasteiger partial charge in [0.1, 0.15) is 10.6 Å². The smallest absolute Gasteiger partial charge is 0.245 e. The van der Waals surface area contributed by atoms with Crippen LogP contribution in [0.25, 0.3) is 0 Å². The molecule has 1 aromatic carbocycles. The number of sulfonamides is 2. The van der Waals surface area contributed by atoms with E-state index in [9.17, 15) is 16.8 Å². The van der Waals surface area contributed by atoms with Crippen LogP contribution in [0, 0.1) is 0 Å². The maximum atomic E-state index is 13.4. The molecule has 0 fully saturated rings. The molecule has 2 rings (SSSR count). The molecule has 0 aliphatic heterocycles. The Kier molecular flexibility index (Phi) is 6.73. The van der Waals surface area contributed by atoms with Gasteiger partial charge in [-0.05, 0) is 32.9 Å². The molecule has 0 unspecified atom stereocenters. The van der Waals surface area contributed by atoms with Crippen molar-refractivity contribution in [3.63, 3.8) is 0 Å². The Hall–Kier alpha value is -2.11. The first-order valence-electron chi connectivity index (χ1n) is 8.68. The molecule has 2 aromatic rings. The maximum absolute atomic E-state index is 13.4. The van der Waals surface area contributed by atoms with E-state index >= 15 is 0 Å². The SMILES string of the molecule is CCS(=O)(=O)Nc1cc(OC)ccc1S(=O)(=O)N(Cc1cnn(C)c1)C(C)C. The number of hydrogen-bond donors (Lipinski definition) is 1. The number of anilines is 1. The minimum Gasteiger partial charge on any atom is -0.497 e. The lowest BCUT2D eigenvalue weighted by Gasteiger charge is -2.26. The highest BCUT2D eigenvalue weighted by molar-refractivity contribution is 7.93. The fourth-order valence-electron chi connectivity index (χ4n) is 2.59. The van der Waals surface area contributed by atoms with Gasteiger partial charge < -0.3 is 4.74 Å². The van der Waals surface area contributed by atoms with E-state index in [0.29, 0.717) is 5.75 Å². The van der Waals surface area contributed by atoms with E-state index in [1.165, 1.54) is 36.5 Å². The molecule has 0 spiro atoms. The first kappa shape index (κ1) is 22.2. The Bertz CT molecular complexity index is 1030. The van der Waals surface area contributed by atoms with E-state index in [0.717, 1.165) is 5.56 Å². The van der Waals surface area contributed by atoms with Crippen molar-refractivity contribution < 1.29 is 21.6 Å². The lowest BCUT2D eigenvalue weighted by Crippen LogP contribution is -2.36. The predicted octanol–water partition coefficient (Wildman–Crippen LogP) is 1.79. The molecule has 1 aromatic heterocycles. The Labute approximate surface area is 166 Å². The van der Waals surface area contributed by atoms with Gasteiger partial charge in [-0.25, -0.2) is 16.8 Å². The minimum absolute atomic E-state index is 0.0435. The lowest BCUT2D eigenvalue weighted by atomic mass is 10.3. The number of nitrogens with one attached hydrogen (secondary N) is 1. The van der Waals surface area contributed by atoms with E-state index in [2.05, 4.69) is 9.82 Å². The number of benzene rings is 1. The Balaban J connectivity index is 2.54. The fraction of sp³-hybridized carbons (Fsp3) is 0.471. The zero-order valence-corrected chi connectivity index (χ0v) is 18.2. The first-order valence-corrected chi connectivity index (χ1v) is 11.8. The first-order chi connectivity index (χ1) is 13.0. The van der Waals surface area contributed by atoms with Gasteiger partial charge in [0.2, 0.25) is 20.0 Å². The number of aryl methyl sites for hydroxylation is 1. The number of hydrogen-bond acceptors (Lipinski definition) is 6. The van der Waals surface area contributed by atoms with Crippen LogP contribution in [0.15, 0.2) is 35.5 Å². The number of rotatable bonds is 9. The van der Waals surface area contributed by atoms with Crippen LogP contribution in [-0.4, -0.2) is 49.8 Å². The van der Waals surface area contributed by atoms with E-state index in [-0.39, 0.29) is 28.9 Å². The molecular weight excluding hydrogens is 404 g/mol. The van der Waals surface area contributed by atoms with Gasteiger partial charge >= 0.3 is 0 Å². The molecule has 28 heavy (non-hydrogen) atoms. The summed E-state index contributed by atoms with van der Waals surface area (Å²) in [4.78, 5) is -0.136. The van der Waals surface area contributed by atoms with E-state index in [1.54, 1.807) is 38.0 Å². The second-order valence-electron chi connectivity index (χ2n) is 6.53. The second kappa shape index (κ2) is 8.50. The Morgan fingerprint density at radius 2 is 1.93 bits per heavy atom. The Morgan fingerprint density at radius 3 is 2.43 bits per heavy atom. The van der Waals surface area contributed by atoms with Gasteiger partial charge in [0.25, 0.3) is 0 Å². The average molecular weight is 431 g/mol. The molecule has 0 atom stereocenters. The van der Waals surface area contributed by atoms with Crippen molar-refractivity contribution in [2.45, 2.75) is 38.3 Å². The molecule has 9 nitrogen and oxygen atoms in total. The van der Waals surface area contributed by atoms with Crippen LogP contribution in [0.3, 0.4) is 0 Å². The van der Waals surface area contributed by atoms with Gasteiger partial charge in [0, 0.05) is 37.5 Å². The third-order valence-electron chi connectivity index (χ3n) is 4.09. The quantitative estimate of drug-likeness (QED) is 0.649. The zero-order chi connectivity index (χ0) is 21.1. The highest BCUT2D eigenvalue weighted by Crippen LogP contribution is 2.31. The number of aromatic nitrogens is 2. The summed E-state index contributed by atoms with van der Waals surface area (Å²) >= 11 is 0. The summed E-state index contributed by atoms with van der Waals surface area (Å²) < 4.78 is 61.3. The Morgan fingerprint density at radius 1 is 1.25 bits per heavy atom. The molecule has 0 amide bonds. The summed E-state index contributed by atoms with van der Waals surface area (Å²) in [5, 5.41) is 4.07. The van der Waals surface area contributed by atoms with Crippen LogP contribution in [0.5, 0.6) is 5.75 Å². The summed E-state index contributed by atoms with van der Waals surface area (Å²) in [6, 6.07) is 3.84. The van der Waals surface area contributed by atoms with Crippen LogP contribution in [0.1, 0.15) is 26.3 Å². The molecule has 1 heterocycles. The van der Waals surface area contributed by atoms with Gasteiger partial charge in [-0.3, -0.25) is 9.40 Å². The molecule has 0 aliphatic carbocycles. The number of methoxy groups -OCH3 is 1. The van der Waals surface area contributed by atoms with Gasteiger partial charge in [0.15, 0.2) is 0 Å². The molecule has 0 bridgehead atoms. The van der Waals surface area contributed by atoms with E-state index in [4.69, 9.17) is 4.74 Å². The molecule has 0 aliphatic rings. The van der Waals surface area contributed by atoms with Crippen molar-refractivity contribution in [1.82, 2.24) is 14.1 Å². The largest absolute Gasteiger partial charge is 0.497 e. The monoisotopic (exact) mass is 430 g/mol. The third-order valence-corrected chi connectivity index (χ3v) is 7.46. The highest BCUT2D eigenvalue weighted by Gasteiger charge is 2.31. The van der Waals surface area contributed by atoms with Gasteiger partial charge in [-0.15, -0.1) is 0 Å². The molecule has 11 heteroatoms. The van der Waals surface area contributed by atoms with Crippen molar-refractivity contribution in [3.05, 3.63) is 36.2 Å². The normalized spacial score (nSPS) is 12.5. The zero-order valence-electron chi connectivity index (χ0n) is 16.6. The van der Waals surface area contributed by atoms with Gasteiger partial charge in [-0.1, -0.05) is 0 Å². The molecule has 156 valence electrons. The van der Waals surface area contributed by atoms with Crippen LogP contribution >= 0.6 is 0 Å². The van der Waals surface area contributed by atoms with Crippen LogP contribution in [-0.2, 0) is 33.6 Å².